The van der Waals surface area contributed by atoms with Crippen molar-refractivity contribution < 1.29 is 9.59 Å². The van der Waals surface area contributed by atoms with Gasteiger partial charge in [0.2, 0.25) is 0 Å². The van der Waals surface area contributed by atoms with Gasteiger partial charge in [0.25, 0.3) is 0 Å². The van der Waals surface area contributed by atoms with Gasteiger partial charge in [-0.25, -0.2) is 0 Å². The Morgan fingerprint density at radius 3 is 2.15 bits per heavy atom. The second-order valence-corrected chi connectivity index (χ2v) is 2.86. The molecule has 0 heterocycles. The quantitative estimate of drug-likeness (QED) is 0.572. The summed E-state index contributed by atoms with van der Waals surface area (Å²) in [5, 5.41) is 0. The summed E-state index contributed by atoms with van der Waals surface area (Å²) in [6, 6.07) is 0. The van der Waals surface area contributed by atoms with E-state index in [9.17, 15) is 9.59 Å². The largest absolute Gasteiger partial charge is 0.294 e. The first-order chi connectivity index (χ1) is 6.20. The third-order valence-corrected chi connectivity index (χ3v) is 2.04. The minimum atomic E-state index is 0.0348. The van der Waals surface area contributed by atoms with Crippen LogP contribution in [0.5, 0.6) is 0 Å². The number of carbonyl (C=O) groups excluding carboxylic acids is 2. The molecule has 1 rings (SSSR count). The van der Waals surface area contributed by atoms with Crippen molar-refractivity contribution in [3.05, 3.63) is 36.0 Å². The molecule has 0 radical (unpaired) electrons. The maximum absolute atomic E-state index is 11.4. The summed E-state index contributed by atoms with van der Waals surface area (Å²) >= 11 is 0. The van der Waals surface area contributed by atoms with Crippen molar-refractivity contribution in [2.75, 3.05) is 0 Å². The predicted molar refractivity (Wildman–Crippen MR) is 51.3 cm³/mol. The van der Waals surface area contributed by atoms with Gasteiger partial charge in [-0.2, -0.15) is 0 Å². The molecule has 2 nitrogen and oxygen atoms in total. The maximum Gasteiger partial charge on any atom is 0.164 e. The highest BCUT2D eigenvalue weighted by Crippen LogP contribution is 2.22. The Bertz CT molecular complexity index is 319. The van der Waals surface area contributed by atoms with Crippen LogP contribution in [0, 0.1) is 0 Å². The molecule has 2 heteroatoms. The van der Waals surface area contributed by atoms with Gasteiger partial charge in [-0.1, -0.05) is 24.8 Å². The summed E-state index contributed by atoms with van der Waals surface area (Å²) in [4.78, 5) is 22.8. The monoisotopic (exact) mass is 176 g/mol. The fourth-order valence-corrected chi connectivity index (χ4v) is 1.41. The highest BCUT2D eigenvalue weighted by atomic mass is 16.1. The maximum atomic E-state index is 11.4. The molecule has 1 aliphatic rings. The topological polar surface area (TPSA) is 34.1 Å². The number of carbonyl (C=O) groups is 2. The van der Waals surface area contributed by atoms with E-state index in [4.69, 9.17) is 0 Å². The van der Waals surface area contributed by atoms with Gasteiger partial charge in [0, 0.05) is 24.0 Å². The summed E-state index contributed by atoms with van der Waals surface area (Å²) < 4.78 is 0. The second-order valence-electron chi connectivity index (χ2n) is 2.86. The summed E-state index contributed by atoms with van der Waals surface area (Å²) in [5.74, 6) is 0.0859. The van der Waals surface area contributed by atoms with E-state index in [2.05, 4.69) is 6.58 Å². The number of allylic oxidation sites excluding steroid dienone is 5. The molecule has 1 saturated carbocycles. The lowest BCUT2D eigenvalue weighted by Gasteiger charge is -2.14. The highest BCUT2D eigenvalue weighted by Gasteiger charge is 2.25. The molecular weight excluding hydrogens is 164 g/mol. The Hall–Kier alpha value is -1.44. The molecule has 1 aliphatic carbocycles. The normalized spacial score (nSPS) is 24.1. The Morgan fingerprint density at radius 1 is 1.15 bits per heavy atom. The first-order valence-electron chi connectivity index (χ1n) is 4.26. The molecule has 0 aromatic heterocycles. The molecule has 0 aromatic rings. The van der Waals surface area contributed by atoms with Crippen molar-refractivity contribution in [2.24, 2.45) is 0 Å². The van der Waals surface area contributed by atoms with Gasteiger partial charge in [0.05, 0.1) is 0 Å². The first-order valence-corrected chi connectivity index (χ1v) is 4.26. The Labute approximate surface area is 77.6 Å². The van der Waals surface area contributed by atoms with E-state index in [-0.39, 0.29) is 11.6 Å². The Morgan fingerprint density at radius 2 is 1.69 bits per heavy atom. The Kier molecular flexibility index (Phi) is 2.96. The number of ketones is 2. The number of hydrogen-bond acceptors (Lipinski definition) is 2. The average molecular weight is 176 g/mol. The van der Waals surface area contributed by atoms with Crippen molar-refractivity contribution in [1.29, 1.82) is 0 Å². The molecule has 68 valence electrons. The molecular formula is C11H12O2. The van der Waals surface area contributed by atoms with Gasteiger partial charge in [-0.15, -0.1) is 0 Å². The van der Waals surface area contributed by atoms with Gasteiger partial charge in [0.1, 0.15) is 0 Å². The van der Waals surface area contributed by atoms with E-state index in [1.165, 1.54) is 6.08 Å². The molecule has 0 amide bonds. The minimum Gasteiger partial charge on any atom is -0.294 e. The highest BCUT2D eigenvalue weighted by molar-refractivity contribution is 6.17. The van der Waals surface area contributed by atoms with Crippen LogP contribution in [-0.4, -0.2) is 11.6 Å². The van der Waals surface area contributed by atoms with Crippen LogP contribution in [0.2, 0.25) is 0 Å². The second kappa shape index (κ2) is 3.99. The van der Waals surface area contributed by atoms with Crippen LogP contribution in [-0.2, 0) is 9.59 Å². The van der Waals surface area contributed by atoms with Crippen molar-refractivity contribution in [3.8, 4) is 0 Å². The van der Waals surface area contributed by atoms with Gasteiger partial charge in [-0.05, 0) is 6.92 Å². The third-order valence-electron chi connectivity index (χ3n) is 2.04. The van der Waals surface area contributed by atoms with Crippen molar-refractivity contribution >= 4 is 11.6 Å². The zero-order valence-corrected chi connectivity index (χ0v) is 7.67. The van der Waals surface area contributed by atoms with E-state index >= 15 is 0 Å². The molecule has 0 aromatic carbocycles. The molecule has 0 aliphatic heterocycles. The zero-order valence-electron chi connectivity index (χ0n) is 7.67. The fraction of sp³-hybridized carbons (Fsp3) is 0.273. The molecule has 0 bridgehead atoms. The van der Waals surface area contributed by atoms with Crippen molar-refractivity contribution in [3.63, 3.8) is 0 Å². The van der Waals surface area contributed by atoms with Crippen LogP contribution in [0.25, 0.3) is 0 Å². The van der Waals surface area contributed by atoms with E-state index in [1.54, 1.807) is 19.1 Å². The smallest absolute Gasteiger partial charge is 0.164 e. The predicted octanol–water partition coefficient (Wildman–Crippen LogP) is 1.98. The summed E-state index contributed by atoms with van der Waals surface area (Å²) in [5.41, 5.74) is 1.05. The van der Waals surface area contributed by atoms with Gasteiger partial charge in [-0.3, -0.25) is 9.59 Å². The number of Topliss-reactive ketones (excluding diaryl/α,β-unsaturated/α-hetero) is 2. The summed E-state index contributed by atoms with van der Waals surface area (Å²) in [7, 11) is 0. The van der Waals surface area contributed by atoms with E-state index in [0.29, 0.717) is 24.0 Å². The van der Waals surface area contributed by atoms with E-state index < -0.39 is 0 Å². The molecule has 0 N–H and O–H groups in total. The molecule has 0 spiro atoms. The van der Waals surface area contributed by atoms with Crippen molar-refractivity contribution in [2.45, 2.75) is 19.8 Å². The van der Waals surface area contributed by atoms with E-state index in [0.717, 1.165) is 0 Å². The molecule has 0 atom stereocenters. The van der Waals surface area contributed by atoms with Gasteiger partial charge < -0.3 is 0 Å². The van der Waals surface area contributed by atoms with Gasteiger partial charge >= 0.3 is 0 Å². The zero-order chi connectivity index (χ0) is 9.84. The van der Waals surface area contributed by atoms with Gasteiger partial charge in [0.15, 0.2) is 11.6 Å². The SMILES string of the molecule is C=C/C=C1/C(=O)CCC(=O)/C1=C/C. The van der Waals surface area contributed by atoms with Crippen LogP contribution in [0.3, 0.4) is 0 Å². The van der Waals surface area contributed by atoms with Crippen LogP contribution in [0.4, 0.5) is 0 Å². The lowest BCUT2D eigenvalue weighted by molar-refractivity contribution is -0.122. The Balaban J connectivity index is 3.12. The number of hydrogen-bond donors (Lipinski definition) is 0. The molecule has 13 heavy (non-hydrogen) atoms. The van der Waals surface area contributed by atoms with Crippen molar-refractivity contribution in [1.82, 2.24) is 0 Å². The lowest BCUT2D eigenvalue weighted by Crippen LogP contribution is -2.19. The summed E-state index contributed by atoms with van der Waals surface area (Å²) in [6.07, 6.45) is 5.50. The standard InChI is InChI=1S/C11H12O2/c1-3-5-9-8(4-2)10(12)6-7-11(9)13/h3-5H,1,6-7H2,2H3/b8-4+,9-5+. The third kappa shape index (κ3) is 1.83. The summed E-state index contributed by atoms with van der Waals surface area (Å²) in [6.45, 7) is 5.28. The molecule has 1 fully saturated rings. The molecule has 0 unspecified atom stereocenters. The average Bonchev–Trinajstić information content (AvgIpc) is 2.12. The minimum absolute atomic E-state index is 0.0348. The number of rotatable bonds is 1. The van der Waals surface area contributed by atoms with Crippen LogP contribution in [0.1, 0.15) is 19.8 Å². The molecule has 0 saturated heterocycles. The lowest BCUT2D eigenvalue weighted by atomic mass is 9.87. The fourth-order valence-electron chi connectivity index (χ4n) is 1.41. The van der Waals surface area contributed by atoms with Crippen LogP contribution in [0.15, 0.2) is 36.0 Å². The van der Waals surface area contributed by atoms with Crippen LogP contribution >= 0.6 is 0 Å². The first kappa shape index (κ1) is 9.65. The van der Waals surface area contributed by atoms with E-state index in [1.807, 2.05) is 0 Å². The van der Waals surface area contributed by atoms with Crippen LogP contribution < -0.4 is 0 Å².